The number of aryl methyl sites for hydroxylation is 1. The van der Waals surface area contributed by atoms with Crippen molar-refractivity contribution in [1.82, 2.24) is 3.89 Å². The van der Waals surface area contributed by atoms with E-state index < -0.39 is 11.0 Å². The molecule has 0 aromatic heterocycles. The molecule has 0 bridgehead atoms. The summed E-state index contributed by atoms with van der Waals surface area (Å²) in [5.74, 6) is 0.385. The molecule has 0 saturated carbocycles. The molecule has 0 amide bonds. The van der Waals surface area contributed by atoms with Crippen LogP contribution in [0.25, 0.3) is 0 Å². The molecule has 2 atom stereocenters. The average molecular weight is 316 g/mol. The normalized spacial score (nSPS) is 23.5. The van der Waals surface area contributed by atoms with Gasteiger partial charge >= 0.3 is 0 Å². The van der Waals surface area contributed by atoms with Crippen LogP contribution in [0.4, 0.5) is 5.69 Å². The number of para-hydroxylation sites is 1. The number of benzene rings is 2. The van der Waals surface area contributed by atoms with Gasteiger partial charge in [0, 0.05) is 12.1 Å². The van der Waals surface area contributed by atoms with Crippen LogP contribution in [0.1, 0.15) is 22.8 Å². The van der Waals surface area contributed by atoms with Crippen molar-refractivity contribution in [1.29, 1.82) is 0 Å². The highest BCUT2D eigenvalue weighted by Crippen LogP contribution is 2.39. The number of ketones is 1. The lowest BCUT2D eigenvalue weighted by atomic mass is 10.1. The molecule has 22 heavy (non-hydrogen) atoms. The molecule has 4 nitrogen and oxygen atoms in total. The van der Waals surface area contributed by atoms with Gasteiger partial charge in [-0.05, 0) is 31.5 Å². The number of quaternary nitrogens is 1. The molecule has 0 aliphatic carbocycles. The first-order valence-electron chi connectivity index (χ1n) is 7.05. The molecule has 5 heteroatoms. The topological polar surface area (TPSA) is 43.4 Å². The van der Waals surface area contributed by atoms with E-state index in [-0.39, 0.29) is 16.4 Å². The Labute approximate surface area is 132 Å². The minimum atomic E-state index is -1.35. The van der Waals surface area contributed by atoms with E-state index in [0.717, 1.165) is 11.3 Å². The summed E-state index contributed by atoms with van der Waals surface area (Å²) in [5, 5.41) is 0. The van der Waals surface area contributed by atoms with E-state index in [4.69, 9.17) is 4.74 Å². The van der Waals surface area contributed by atoms with Gasteiger partial charge in [0.05, 0.1) is 12.6 Å². The first-order chi connectivity index (χ1) is 10.4. The second-order valence-electron chi connectivity index (χ2n) is 5.65. The number of rotatable bonds is 2. The Kier molecular flexibility index (Phi) is 3.62. The number of nitrogens with zero attached hydrogens (tertiary/aromatic N) is 1. The van der Waals surface area contributed by atoms with Crippen molar-refractivity contribution >= 4 is 22.5 Å². The van der Waals surface area contributed by atoms with Gasteiger partial charge in [-0.15, -0.1) is 0 Å². The van der Waals surface area contributed by atoms with Crippen molar-refractivity contribution in [2.45, 2.75) is 18.7 Å². The van der Waals surface area contributed by atoms with Crippen molar-refractivity contribution < 1.29 is 13.7 Å². The van der Waals surface area contributed by atoms with E-state index in [2.05, 4.69) is 0 Å². The van der Waals surface area contributed by atoms with Crippen LogP contribution in [-0.4, -0.2) is 23.8 Å². The predicted molar refractivity (Wildman–Crippen MR) is 87.2 cm³/mol. The van der Waals surface area contributed by atoms with Crippen LogP contribution in [-0.2, 0) is 11.0 Å². The van der Waals surface area contributed by atoms with Gasteiger partial charge in [0.15, 0.2) is 11.5 Å². The van der Waals surface area contributed by atoms with Crippen molar-refractivity contribution in [3.63, 3.8) is 0 Å². The minimum absolute atomic E-state index is 0.0761. The largest absolute Gasteiger partial charge is 0.441 e. The predicted octanol–water partition coefficient (Wildman–Crippen LogP) is 3.21. The minimum Gasteiger partial charge on any atom is -0.441 e. The molecule has 0 saturated heterocycles. The number of fused-ring (bicyclic) bond motifs is 1. The third-order valence-corrected chi connectivity index (χ3v) is 5.62. The van der Waals surface area contributed by atoms with Crippen molar-refractivity contribution in [3.8, 4) is 5.75 Å². The first kappa shape index (κ1) is 14.9. The maximum Gasteiger partial charge on any atom is 0.251 e. The Morgan fingerprint density at radius 1 is 1.23 bits per heavy atom. The lowest BCUT2D eigenvalue weighted by molar-refractivity contribution is 0.101. The van der Waals surface area contributed by atoms with Gasteiger partial charge in [-0.3, -0.25) is 4.79 Å². The zero-order valence-corrected chi connectivity index (χ0v) is 13.6. The van der Waals surface area contributed by atoms with Gasteiger partial charge in [-0.2, -0.15) is 8.10 Å². The lowest BCUT2D eigenvalue weighted by Gasteiger charge is -2.35. The third kappa shape index (κ3) is 2.26. The molecule has 0 N–H and O–H groups in total. The molecule has 1 heterocycles. The van der Waals surface area contributed by atoms with E-state index in [1.807, 2.05) is 50.4 Å². The molecule has 3 rings (SSSR count). The highest BCUT2D eigenvalue weighted by atomic mass is 32.2. The Hall–Kier alpha value is -1.98. The van der Waals surface area contributed by atoms with Gasteiger partial charge in [-0.1, -0.05) is 18.2 Å². The zero-order chi connectivity index (χ0) is 15.9. The van der Waals surface area contributed by atoms with Crippen LogP contribution in [0.3, 0.4) is 0 Å². The summed E-state index contributed by atoms with van der Waals surface area (Å²) in [5.41, 5.74) is 2.32. The number of hydrogen-bond acceptors (Lipinski definition) is 3. The second kappa shape index (κ2) is 5.34. The van der Waals surface area contributed by atoms with Gasteiger partial charge in [0.1, 0.15) is 10.6 Å². The molecule has 0 radical (unpaired) electrons. The number of ether oxygens (including phenoxy) is 1. The fraction of sp³-hybridized carbons (Fsp3) is 0.235. The molecule has 114 valence electrons. The van der Waals surface area contributed by atoms with E-state index >= 15 is 0 Å². The van der Waals surface area contributed by atoms with Crippen molar-refractivity contribution in [2.24, 2.45) is 0 Å². The molecule has 0 spiro atoms. The smallest absolute Gasteiger partial charge is 0.251 e. The summed E-state index contributed by atoms with van der Waals surface area (Å²) in [4.78, 5) is 12.4. The molecule has 2 unspecified atom stereocenters. The van der Waals surface area contributed by atoms with E-state index in [0.29, 0.717) is 16.2 Å². The van der Waals surface area contributed by atoms with E-state index in [9.17, 15) is 9.00 Å². The molecule has 2 aromatic rings. The van der Waals surface area contributed by atoms with Crippen molar-refractivity contribution in [2.75, 3.05) is 13.8 Å². The highest BCUT2D eigenvalue weighted by Gasteiger charge is 2.42. The molecular formula is C17H18NO3S+. The number of carbonyl (C=O) groups is 1. The fourth-order valence-corrected chi connectivity index (χ4v) is 4.16. The summed E-state index contributed by atoms with van der Waals surface area (Å²) in [7, 11) is 0.533. The number of hydrogen-bond donors (Lipinski definition) is 0. The second-order valence-corrected chi connectivity index (χ2v) is 7.40. The molecule has 1 aliphatic heterocycles. The summed E-state index contributed by atoms with van der Waals surface area (Å²) >= 11 is 0. The average Bonchev–Trinajstić information content (AvgIpc) is 2.51. The van der Waals surface area contributed by atoms with E-state index in [1.54, 1.807) is 6.07 Å². The summed E-state index contributed by atoms with van der Waals surface area (Å²) in [6.45, 7) is 3.62. The SMILES string of the molecule is CC(=O)c1cc(C)cc2c1OC[N+](C)(c1ccccc1)S2=O. The van der Waals surface area contributed by atoms with Gasteiger partial charge < -0.3 is 4.74 Å². The number of carbonyl (C=O) groups excluding carboxylic acids is 1. The van der Waals surface area contributed by atoms with Crippen LogP contribution >= 0.6 is 0 Å². The van der Waals surface area contributed by atoms with Gasteiger partial charge in [-0.25, -0.2) is 0 Å². The van der Waals surface area contributed by atoms with Crippen LogP contribution in [0.15, 0.2) is 47.4 Å². The summed E-state index contributed by atoms with van der Waals surface area (Å²) in [6, 6.07) is 13.3. The maximum absolute atomic E-state index is 13.2. The molecule has 0 fully saturated rings. The van der Waals surface area contributed by atoms with E-state index in [1.165, 1.54) is 6.92 Å². The van der Waals surface area contributed by atoms with Crippen molar-refractivity contribution in [3.05, 3.63) is 53.6 Å². The maximum atomic E-state index is 13.2. The zero-order valence-electron chi connectivity index (χ0n) is 12.8. The Morgan fingerprint density at radius 3 is 2.55 bits per heavy atom. The fourth-order valence-electron chi connectivity index (χ4n) is 2.65. The summed E-state index contributed by atoms with van der Waals surface area (Å²) in [6.07, 6.45) is 0. The highest BCUT2D eigenvalue weighted by molar-refractivity contribution is 7.84. The third-order valence-electron chi connectivity index (χ3n) is 3.89. The molecular weight excluding hydrogens is 298 g/mol. The summed E-state index contributed by atoms with van der Waals surface area (Å²) < 4.78 is 19.2. The first-order valence-corrected chi connectivity index (χ1v) is 8.16. The van der Waals surface area contributed by atoms with Crippen LogP contribution in [0, 0.1) is 6.92 Å². The Bertz CT molecular complexity index is 773. The van der Waals surface area contributed by atoms with Crippen LogP contribution in [0.2, 0.25) is 0 Å². The Morgan fingerprint density at radius 2 is 1.91 bits per heavy atom. The van der Waals surface area contributed by atoms with Gasteiger partial charge in [0.25, 0.3) is 11.0 Å². The lowest BCUT2D eigenvalue weighted by Crippen LogP contribution is -2.52. The van der Waals surface area contributed by atoms with Gasteiger partial charge in [0.2, 0.25) is 6.73 Å². The number of Topliss-reactive ketones (excluding diaryl/α,β-unsaturated/α-hetero) is 1. The monoisotopic (exact) mass is 316 g/mol. The quantitative estimate of drug-likeness (QED) is 0.631. The van der Waals surface area contributed by atoms with Crippen LogP contribution < -0.4 is 8.63 Å². The molecule has 1 aliphatic rings. The van der Waals surface area contributed by atoms with Crippen LogP contribution in [0.5, 0.6) is 5.75 Å². The Balaban J connectivity index is 2.16. The standard InChI is InChI=1S/C17H18NO3S/c1-12-9-15(13(2)19)17-16(10-12)22(20)18(3,11-21-17)14-7-5-4-6-8-14/h4-10H,11H2,1-3H3/q+1. The molecule has 2 aromatic carbocycles.